The Labute approximate surface area is 141 Å². The summed E-state index contributed by atoms with van der Waals surface area (Å²) < 4.78 is 5.54. The Morgan fingerprint density at radius 2 is 2.04 bits per heavy atom. The van der Waals surface area contributed by atoms with E-state index in [2.05, 4.69) is 21.4 Å². The van der Waals surface area contributed by atoms with Gasteiger partial charge >= 0.3 is 0 Å². The van der Waals surface area contributed by atoms with Gasteiger partial charge in [-0.1, -0.05) is 24.3 Å². The van der Waals surface area contributed by atoms with Gasteiger partial charge in [0.25, 0.3) is 5.91 Å². The van der Waals surface area contributed by atoms with E-state index in [0.717, 1.165) is 40.2 Å². The minimum absolute atomic E-state index is 0.0314. The maximum absolute atomic E-state index is 11.9. The molecule has 0 fully saturated rings. The molecule has 2 aromatic carbocycles. The number of hydrogen-bond donors (Lipinski definition) is 2. The Bertz CT molecular complexity index is 855. The molecule has 1 amide bonds. The van der Waals surface area contributed by atoms with Crippen molar-refractivity contribution in [3.05, 3.63) is 59.4 Å². The van der Waals surface area contributed by atoms with Crippen LogP contribution in [0.1, 0.15) is 17.0 Å². The van der Waals surface area contributed by atoms with Gasteiger partial charge in [-0.05, 0) is 49.6 Å². The predicted octanol–water partition coefficient (Wildman–Crippen LogP) is 2.92. The van der Waals surface area contributed by atoms with Gasteiger partial charge in [-0.2, -0.15) is 0 Å². The van der Waals surface area contributed by atoms with Crippen LogP contribution in [-0.4, -0.2) is 29.0 Å². The summed E-state index contributed by atoms with van der Waals surface area (Å²) >= 11 is 0. The van der Waals surface area contributed by atoms with Crippen LogP contribution in [0, 0.1) is 13.8 Å². The van der Waals surface area contributed by atoms with Gasteiger partial charge in [-0.15, -0.1) is 0 Å². The van der Waals surface area contributed by atoms with E-state index in [4.69, 9.17) is 4.74 Å². The van der Waals surface area contributed by atoms with Crippen LogP contribution in [0.4, 0.5) is 0 Å². The lowest BCUT2D eigenvalue weighted by Gasteiger charge is -2.09. The fourth-order valence-corrected chi connectivity index (χ4v) is 2.60. The van der Waals surface area contributed by atoms with Crippen LogP contribution >= 0.6 is 0 Å². The van der Waals surface area contributed by atoms with Gasteiger partial charge in [-0.3, -0.25) is 4.79 Å². The summed E-state index contributed by atoms with van der Waals surface area (Å²) in [7, 11) is 0. The minimum atomic E-state index is -0.114. The van der Waals surface area contributed by atoms with Gasteiger partial charge in [0.05, 0.1) is 11.0 Å². The molecule has 0 atom stereocenters. The van der Waals surface area contributed by atoms with Gasteiger partial charge in [-0.25, -0.2) is 4.98 Å². The monoisotopic (exact) mass is 323 g/mol. The van der Waals surface area contributed by atoms with Crippen LogP contribution in [0.2, 0.25) is 0 Å². The molecule has 0 aliphatic heterocycles. The van der Waals surface area contributed by atoms with E-state index in [1.165, 1.54) is 0 Å². The van der Waals surface area contributed by atoms with Crippen molar-refractivity contribution in [2.24, 2.45) is 0 Å². The molecule has 3 rings (SSSR count). The fourth-order valence-electron chi connectivity index (χ4n) is 2.60. The molecule has 0 bridgehead atoms. The molecule has 0 spiro atoms. The molecule has 0 saturated heterocycles. The first-order valence-corrected chi connectivity index (χ1v) is 8.02. The molecule has 0 unspecified atom stereocenters. The van der Waals surface area contributed by atoms with Crippen molar-refractivity contribution in [3.63, 3.8) is 0 Å². The Balaban J connectivity index is 1.46. The number of aryl methyl sites for hydroxylation is 2. The Morgan fingerprint density at radius 1 is 1.21 bits per heavy atom. The Hall–Kier alpha value is -2.82. The standard InChI is InChI=1S/C19H21N3O2/c1-13-5-3-4-6-18(13)24-12-19(23)20-10-9-15-7-8-16-17(11-15)22-14(2)21-16/h3-8,11H,9-10,12H2,1-2H3,(H,20,23)(H,21,22). The van der Waals surface area contributed by atoms with Crippen molar-refractivity contribution in [2.45, 2.75) is 20.3 Å². The number of fused-ring (bicyclic) bond motifs is 1. The highest BCUT2D eigenvalue weighted by Crippen LogP contribution is 2.16. The molecule has 5 nitrogen and oxygen atoms in total. The van der Waals surface area contributed by atoms with E-state index in [-0.39, 0.29) is 12.5 Å². The van der Waals surface area contributed by atoms with Crippen LogP contribution in [0.3, 0.4) is 0 Å². The highest BCUT2D eigenvalue weighted by atomic mass is 16.5. The van der Waals surface area contributed by atoms with Gasteiger partial charge in [0.1, 0.15) is 11.6 Å². The SMILES string of the molecule is Cc1nc2ccc(CCNC(=O)COc3ccccc3C)cc2[nH]1. The topological polar surface area (TPSA) is 67.0 Å². The summed E-state index contributed by atoms with van der Waals surface area (Å²) in [5.41, 5.74) is 4.17. The molecule has 24 heavy (non-hydrogen) atoms. The molecule has 0 saturated carbocycles. The second-order valence-electron chi connectivity index (χ2n) is 5.83. The number of hydrogen-bond acceptors (Lipinski definition) is 3. The molecule has 1 aromatic heterocycles. The molecule has 0 aliphatic carbocycles. The smallest absolute Gasteiger partial charge is 0.257 e. The number of nitrogens with one attached hydrogen (secondary N) is 2. The molecule has 0 radical (unpaired) electrons. The first-order valence-electron chi connectivity index (χ1n) is 8.02. The van der Waals surface area contributed by atoms with E-state index in [1.807, 2.05) is 50.2 Å². The summed E-state index contributed by atoms with van der Waals surface area (Å²) in [6.45, 7) is 4.51. The lowest BCUT2D eigenvalue weighted by molar-refractivity contribution is -0.123. The number of carbonyl (C=O) groups excluding carboxylic acids is 1. The number of imidazole rings is 1. The number of para-hydroxylation sites is 1. The number of ether oxygens (including phenoxy) is 1. The molecule has 1 heterocycles. The van der Waals surface area contributed by atoms with Crippen molar-refractivity contribution in [3.8, 4) is 5.75 Å². The average Bonchev–Trinajstić information content (AvgIpc) is 2.93. The van der Waals surface area contributed by atoms with Gasteiger partial charge in [0, 0.05) is 6.54 Å². The highest BCUT2D eigenvalue weighted by Gasteiger charge is 2.05. The maximum Gasteiger partial charge on any atom is 0.257 e. The highest BCUT2D eigenvalue weighted by molar-refractivity contribution is 5.78. The van der Waals surface area contributed by atoms with Crippen LogP contribution < -0.4 is 10.1 Å². The van der Waals surface area contributed by atoms with Gasteiger partial charge in [0.15, 0.2) is 6.61 Å². The third-order valence-corrected chi connectivity index (χ3v) is 3.85. The van der Waals surface area contributed by atoms with Crippen LogP contribution in [-0.2, 0) is 11.2 Å². The Morgan fingerprint density at radius 3 is 2.88 bits per heavy atom. The fraction of sp³-hybridized carbons (Fsp3) is 0.263. The van der Waals surface area contributed by atoms with Gasteiger partial charge < -0.3 is 15.0 Å². The lowest BCUT2D eigenvalue weighted by atomic mass is 10.1. The molecule has 5 heteroatoms. The number of aromatic amines is 1. The summed E-state index contributed by atoms with van der Waals surface area (Å²) in [6.07, 6.45) is 0.768. The average molecular weight is 323 g/mol. The van der Waals surface area contributed by atoms with Crippen molar-refractivity contribution < 1.29 is 9.53 Å². The zero-order valence-electron chi connectivity index (χ0n) is 13.9. The van der Waals surface area contributed by atoms with Crippen molar-refractivity contribution in [2.75, 3.05) is 13.2 Å². The zero-order chi connectivity index (χ0) is 16.9. The first-order chi connectivity index (χ1) is 11.6. The van der Waals surface area contributed by atoms with E-state index >= 15 is 0 Å². The number of nitrogens with zero attached hydrogens (tertiary/aromatic N) is 1. The third-order valence-electron chi connectivity index (χ3n) is 3.85. The number of carbonyl (C=O) groups is 1. The van der Waals surface area contributed by atoms with Crippen molar-refractivity contribution in [1.82, 2.24) is 15.3 Å². The molecular formula is C19H21N3O2. The molecule has 124 valence electrons. The summed E-state index contributed by atoms with van der Waals surface area (Å²) in [4.78, 5) is 19.5. The molecule has 2 N–H and O–H groups in total. The molecular weight excluding hydrogens is 302 g/mol. The lowest BCUT2D eigenvalue weighted by Crippen LogP contribution is -2.30. The predicted molar refractivity (Wildman–Crippen MR) is 94.2 cm³/mol. The minimum Gasteiger partial charge on any atom is -0.484 e. The maximum atomic E-state index is 11.9. The quantitative estimate of drug-likeness (QED) is 0.733. The third kappa shape index (κ3) is 3.93. The summed E-state index contributed by atoms with van der Waals surface area (Å²) in [5.74, 6) is 1.54. The van der Waals surface area contributed by atoms with E-state index in [1.54, 1.807) is 0 Å². The first kappa shape index (κ1) is 16.1. The summed E-state index contributed by atoms with van der Waals surface area (Å²) in [5, 5.41) is 2.88. The van der Waals surface area contributed by atoms with Crippen LogP contribution in [0.5, 0.6) is 5.75 Å². The van der Waals surface area contributed by atoms with E-state index < -0.39 is 0 Å². The second-order valence-corrected chi connectivity index (χ2v) is 5.83. The number of aromatic nitrogens is 2. The number of rotatable bonds is 6. The van der Waals surface area contributed by atoms with Gasteiger partial charge in [0.2, 0.25) is 0 Å². The molecule has 3 aromatic rings. The Kier molecular flexibility index (Phi) is 4.79. The van der Waals surface area contributed by atoms with E-state index in [0.29, 0.717) is 6.54 Å². The molecule has 0 aliphatic rings. The number of amides is 1. The van der Waals surface area contributed by atoms with Crippen molar-refractivity contribution >= 4 is 16.9 Å². The number of H-pyrrole nitrogens is 1. The van der Waals surface area contributed by atoms with Crippen LogP contribution in [0.25, 0.3) is 11.0 Å². The summed E-state index contributed by atoms with van der Waals surface area (Å²) in [6, 6.07) is 13.8. The van der Waals surface area contributed by atoms with Crippen LogP contribution in [0.15, 0.2) is 42.5 Å². The number of benzene rings is 2. The van der Waals surface area contributed by atoms with Crippen molar-refractivity contribution in [1.29, 1.82) is 0 Å². The largest absolute Gasteiger partial charge is 0.484 e. The zero-order valence-corrected chi connectivity index (χ0v) is 13.9. The normalized spacial score (nSPS) is 10.8. The van der Waals surface area contributed by atoms with E-state index in [9.17, 15) is 4.79 Å². The second kappa shape index (κ2) is 7.17.